The summed E-state index contributed by atoms with van der Waals surface area (Å²) in [5.74, 6) is 0.209. The van der Waals surface area contributed by atoms with Crippen LogP contribution >= 0.6 is 0 Å². The third-order valence-corrected chi connectivity index (χ3v) is 5.21. The summed E-state index contributed by atoms with van der Waals surface area (Å²) in [4.78, 5) is 2.40. The third-order valence-electron chi connectivity index (χ3n) is 3.62. The molecule has 1 aromatic carbocycles. The summed E-state index contributed by atoms with van der Waals surface area (Å²) in [6, 6.07) is 8.48. The van der Waals surface area contributed by atoms with Gasteiger partial charge < -0.3 is 4.90 Å². The predicted molar refractivity (Wildman–Crippen MR) is 83.7 cm³/mol. The van der Waals surface area contributed by atoms with Crippen LogP contribution in [0.15, 0.2) is 24.3 Å². The zero-order chi connectivity index (χ0) is 14.4. The van der Waals surface area contributed by atoms with E-state index in [2.05, 4.69) is 33.9 Å². The average Bonchev–Trinajstić information content (AvgIpc) is 2.93. The number of benzene rings is 1. The van der Waals surface area contributed by atoms with Crippen molar-refractivity contribution in [3.63, 3.8) is 0 Å². The highest BCUT2D eigenvalue weighted by Gasteiger charge is 2.12. The lowest BCUT2D eigenvalue weighted by Gasteiger charge is -2.17. The van der Waals surface area contributed by atoms with Gasteiger partial charge in [-0.1, -0.05) is 19.1 Å². The standard InChI is InChI=1S/C15H24N2O2S/c1-2-13-20(18,19)16-10-9-14-5-7-15(8-6-14)17-11-3-4-12-17/h5-8,16H,2-4,9-13H2,1H3. The fourth-order valence-corrected chi connectivity index (χ4v) is 3.64. The van der Waals surface area contributed by atoms with E-state index in [0.29, 0.717) is 13.0 Å². The molecule has 1 heterocycles. The van der Waals surface area contributed by atoms with Crippen molar-refractivity contribution in [2.75, 3.05) is 30.3 Å². The second-order valence-corrected chi connectivity index (χ2v) is 7.25. The Morgan fingerprint density at radius 2 is 1.80 bits per heavy atom. The minimum Gasteiger partial charge on any atom is -0.372 e. The molecule has 0 amide bonds. The van der Waals surface area contributed by atoms with Gasteiger partial charge in [0.1, 0.15) is 0 Å². The van der Waals surface area contributed by atoms with E-state index in [4.69, 9.17) is 0 Å². The van der Waals surface area contributed by atoms with Gasteiger partial charge in [0.25, 0.3) is 0 Å². The molecule has 0 atom stereocenters. The van der Waals surface area contributed by atoms with Gasteiger partial charge >= 0.3 is 0 Å². The molecule has 5 heteroatoms. The lowest BCUT2D eigenvalue weighted by atomic mass is 10.1. The van der Waals surface area contributed by atoms with Crippen molar-refractivity contribution in [3.05, 3.63) is 29.8 Å². The van der Waals surface area contributed by atoms with Gasteiger partial charge in [-0.15, -0.1) is 0 Å². The SMILES string of the molecule is CCCS(=O)(=O)NCCc1ccc(N2CCCC2)cc1. The number of rotatable bonds is 7. The fourth-order valence-electron chi connectivity index (χ4n) is 2.54. The van der Waals surface area contributed by atoms with E-state index < -0.39 is 10.0 Å². The summed E-state index contributed by atoms with van der Waals surface area (Å²) >= 11 is 0. The van der Waals surface area contributed by atoms with Gasteiger partial charge in [-0.2, -0.15) is 0 Å². The van der Waals surface area contributed by atoms with Crippen LogP contribution in [0.25, 0.3) is 0 Å². The van der Waals surface area contributed by atoms with Gasteiger partial charge in [0.2, 0.25) is 10.0 Å². The summed E-state index contributed by atoms with van der Waals surface area (Å²) in [6.07, 6.45) is 3.95. The van der Waals surface area contributed by atoms with Crippen LogP contribution in [0.3, 0.4) is 0 Å². The maximum absolute atomic E-state index is 11.5. The number of nitrogens with zero attached hydrogens (tertiary/aromatic N) is 1. The molecule has 0 bridgehead atoms. The van der Waals surface area contributed by atoms with Crippen molar-refractivity contribution in [3.8, 4) is 0 Å². The first-order valence-electron chi connectivity index (χ1n) is 7.42. The number of sulfonamides is 1. The van der Waals surface area contributed by atoms with Crippen molar-refractivity contribution in [2.24, 2.45) is 0 Å². The highest BCUT2D eigenvalue weighted by molar-refractivity contribution is 7.89. The molecule has 1 N–H and O–H groups in total. The summed E-state index contributed by atoms with van der Waals surface area (Å²) < 4.78 is 25.7. The molecule has 4 nitrogen and oxygen atoms in total. The van der Waals surface area contributed by atoms with Crippen LogP contribution in [-0.4, -0.2) is 33.8 Å². The van der Waals surface area contributed by atoms with Crippen LogP contribution in [0.1, 0.15) is 31.7 Å². The van der Waals surface area contributed by atoms with E-state index in [-0.39, 0.29) is 5.75 Å². The van der Waals surface area contributed by atoms with Crippen LogP contribution < -0.4 is 9.62 Å². The zero-order valence-electron chi connectivity index (χ0n) is 12.1. The Balaban J connectivity index is 1.82. The fraction of sp³-hybridized carbons (Fsp3) is 0.600. The molecule has 0 aromatic heterocycles. The van der Waals surface area contributed by atoms with E-state index in [1.54, 1.807) is 0 Å². The predicted octanol–water partition coefficient (Wildman–Crippen LogP) is 2.16. The Kier molecular flexibility index (Phi) is 5.43. The van der Waals surface area contributed by atoms with E-state index >= 15 is 0 Å². The van der Waals surface area contributed by atoms with E-state index in [1.807, 2.05) is 6.92 Å². The average molecular weight is 296 g/mol. The van der Waals surface area contributed by atoms with Gasteiger partial charge in [0.15, 0.2) is 0 Å². The Labute approximate surface area is 122 Å². The Morgan fingerprint density at radius 1 is 1.15 bits per heavy atom. The molecule has 1 saturated heterocycles. The molecule has 0 aliphatic carbocycles. The lowest BCUT2D eigenvalue weighted by Crippen LogP contribution is -2.28. The minimum atomic E-state index is -3.08. The van der Waals surface area contributed by atoms with Crippen LogP contribution in [0, 0.1) is 0 Å². The van der Waals surface area contributed by atoms with Crippen LogP contribution in [0.5, 0.6) is 0 Å². The van der Waals surface area contributed by atoms with Gasteiger partial charge in [-0.25, -0.2) is 13.1 Å². The van der Waals surface area contributed by atoms with Crippen LogP contribution in [-0.2, 0) is 16.4 Å². The molecule has 112 valence electrons. The maximum atomic E-state index is 11.5. The number of hydrogen-bond donors (Lipinski definition) is 1. The number of nitrogens with one attached hydrogen (secondary N) is 1. The first-order chi connectivity index (χ1) is 9.61. The molecule has 0 spiro atoms. The smallest absolute Gasteiger partial charge is 0.211 e. The van der Waals surface area contributed by atoms with Crippen molar-refractivity contribution in [2.45, 2.75) is 32.6 Å². The molecular weight excluding hydrogens is 272 g/mol. The number of anilines is 1. The topological polar surface area (TPSA) is 49.4 Å². The summed E-state index contributed by atoms with van der Waals surface area (Å²) in [6.45, 7) is 4.65. The van der Waals surface area contributed by atoms with Crippen LogP contribution in [0.4, 0.5) is 5.69 Å². The van der Waals surface area contributed by atoms with Gasteiger partial charge in [-0.3, -0.25) is 0 Å². The van der Waals surface area contributed by atoms with Gasteiger partial charge in [-0.05, 0) is 43.4 Å². The van der Waals surface area contributed by atoms with E-state index in [0.717, 1.165) is 19.5 Å². The highest BCUT2D eigenvalue weighted by atomic mass is 32.2. The van der Waals surface area contributed by atoms with E-state index in [9.17, 15) is 8.42 Å². The quantitative estimate of drug-likeness (QED) is 0.839. The lowest BCUT2D eigenvalue weighted by molar-refractivity contribution is 0.580. The molecule has 2 rings (SSSR count). The summed E-state index contributed by atoms with van der Waals surface area (Å²) in [7, 11) is -3.08. The first kappa shape index (κ1) is 15.3. The van der Waals surface area contributed by atoms with Crippen molar-refractivity contribution >= 4 is 15.7 Å². The van der Waals surface area contributed by atoms with Crippen LogP contribution in [0.2, 0.25) is 0 Å². The van der Waals surface area contributed by atoms with Gasteiger partial charge in [0, 0.05) is 25.3 Å². The molecule has 1 aromatic rings. The van der Waals surface area contributed by atoms with E-state index in [1.165, 1.54) is 24.1 Å². The normalized spacial score (nSPS) is 15.8. The zero-order valence-corrected chi connectivity index (χ0v) is 13.0. The Bertz CT molecular complexity index is 505. The second kappa shape index (κ2) is 7.09. The monoisotopic (exact) mass is 296 g/mol. The second-order valence-electron chi connectivity index (χ2n) is 5.32. The molecule has 0 unspecified atom stereocenters. The molecule has 1 aliphatic rings. The third kappa shape index (κ3) is 4.49. The van der Waals surface area contributed by atoms with Gasteiger partial charge in [0.05, 0.1) is 5.75 Å². The van der Waals surface area contributed by atoms with Crippen molar-refractivity contribution in [1.82, 2.24) is 4.72 Å². The number of hydrogen-bond acceptors (Lipinski definition) is 3. The molecule has 20 heavy (non-hydrogen) atoms. The largest absolute Gasteiger partial charge is 0.372 e. The molecule has 0 saturated carbocycles. The Morgan fingerprint density at radius 3 is 2.40 bits per heavy atom. The molecule has 1 fully saturated rings. The Hall–Kier alpha value is -1.07. The molecule has 1 aliphatic heterocycles. The van der Waals surface area contributed by atoms with Crippen molar-refractivity contribution < 1.29 is 8.42 Å². The maximum Gasteiger partial charge on any atom is 0.211 e. The minimum absolute atomic E-state index is 0.209. The molecular formula is C15H24N2O2S. The summed E-state index contributed by atoms with van der Waals surface area (Å²) in [5, 5.41) is 0. The molecule has 0 radical (unpaired) electrons. The van der Waals surface area contributed by atoms with Crippen molar-refractivity contribution in [1.29, 1.82) is 0 Å². The highest BCUT2D eigenvalue weighted by Crippen LogP contribution is 2.20. The first-order valence-corrected chi connectivity index (χ1v) is 9.07. The summed E-state index contributed by atoms with van der Waals surface area (Å²) in [5.41, 5.74) is 2.45.